The number of hydrogen-bond donors (Lipinski definition) is 1. The lowest BCUT2D eigenvalue weighted by Crippen LogP contribution is -2.26. The highest BCUT2D eigenvalue weighted by atomic mass is 31.1. The summed E-state index contributed by atoms with van der Waals surface area (Å²) >= 11 is 0. The molecule has 0 radical (unpaired) electrons. The molecule has 3 atom stereocenters. The van der Waals surface area contributed by atoms with Gasteiger partial charge in [-0.15, -0.1) is 0 Å². The quantitative estimate of drug-likeness (QED) is 0.649. The van der Waals surface area contributed by atoms with E-state index in [4.69, 9.17) is 0 Å². The summed E-state index contributed by atoms with van der Waals surface area (Å²) in [6.07, 6.45) is 4.21. The molecule has 0 aromatic heterocycles. The fourth-order valence-electron chi connectivity index (χ4n) is 4.01. The summed E-state index contributed by atoms with van der Waals surface area (Å²) in [5.41, 5.74) is 3.93. The van der Waals surface area contributed by atoms with Gasteiger partial charge < -0.3 is 5.11 Å². The number of hydrogen-bond acceptors (Lipinski definition) is 1. The minimum absolute atomic E-state index is 0.195. The minimum atomic E-state index is -0.195. The van der Waals surface area contributed by atoms with Crippen molar-refractivity contribution in [1.29, 1.82) is 0 Å². The van der Waals surface area contributed by atoms with Crippen molar-refractivity contribution in [1.82, 2.24) is 0 Å². The van der Waals surface area contributed by atoms with Crippen LogP contribution in [0.4, 0.5) is 0 Å². The van der Waals surface area contributed by atoms with Crippen LogP contribution in [0.1, 0.15) is 37.2 Å². The van der Waals surface area contributed by atoms with Gasteiger partial charge in [0.15, 0.2) is 0 Å². The Morgan fingerprint density at radius 1 is 0.692 bits per heavy atom. The Kier molecular flexibility index (Phi) is 5.48. The molecule has 3 aromatic rings. The van der Waals surface area contributed by atoms with Gasteiger partial charge in [-0.3, -0.25) is 0 Å². The molecule has 1 aliphatic carbocycles. The van der Waals surface area contributed by atoms with Crippen LogP contribution in [-0.4, -0.2) is 11.2 Å². The van der Waals surface area contributed by atoms with Crippen LogP contribution in [0.5, 0.6) is 0 Å². The van der Waals surface area contributed by atoms with E-state index in [9.17, 15) is 5.11 Å². The fraction of sp³-hybridized carbons (Fsp3) is 0.250. The highest BCUT2D eigenvalue weighted by Gasteiger charge is 2.26. The third-order valence-electron chi connectivity index (χ3n) is 5.37. The Balaban J connectivity index is 1.69. The van der Waals surface area contributed by atoms with Crippen LogP contribution < -0.4 is 10.6 Å². The van der Waals surface area contributed by atoms with Crippen molar-refractivity contribution in [2.45, 2.75) is 37.7 Å². The zero-order valence-corrected chi connectivity index (χ0v) is 15.9. The lowest BCUT2D eigenvalue weighted by atomic mass is 9.82. The average molecular weight is 360 g/mol. The summed E-state index contributed by atoms with van der Waals surface area (Å²) in [5, 5.41) is 13.3. The molecular weight excluding hydrogens is 335 g/mol. The minimum Gasteiger partial charge on any atom is -0.392 e. The highest BCUT2D eigenvalue weighted by Crippen LogP contribution is 2.34. The van der Waals surface area contributed by atoms with Gasteiger partial charge in [-0.2, -0.15) is 0 Å². The average Bonchev–Trinajstić information content (AvgIpc) is 2.70. The van der Waals surface area contributed by atoms with Gasteiger partial charge in [-0.1, -0.05) is 100 Å². The summed E-state index contributed by atoms with van der Waals surface area (Å²) < 4.78 is 0. The van der Waals surface area contributed by atoms with E-state index in [0.29, 0.717) is 8.58 Å². The molecule has 1 nitrogen and oxygen atoms in total. The van der Waals surface area contributed by atoms with Crippen molar-refractivity contribution in [3.05, 3.63) is 84.4 Å². The molecule has 132 valence electrons. The molecule has 0 bridgehead atoms. The van der Waals surface area contributed by atoms with Crippen molar-refractivity contribution >= 4 is 19.2 Å². The lowest BCUT2D eigenvalue weighted by molar-refractivity contribution is 0.106. The number of aliphatic hydroxyl groups excluding tert-OH is 1. The number of benzene rings is 3. The predicted octanol–water partition coefficient (Wildman–Crippen LogP) is 5.00. The Morgan fingerprint density at radius 3 is 2.15 bits per heavy atom. The van der Waals surface area contributed by atoms with Crippen LogP contribution in [0, 0.1) is 0 Å². The van der Waals surface area contributed by atoms with Gasteiger partial charge in [0, 0.05) is 5.92 Å². The number of rotatable bonds is 4. The third-order valence-corrected chi connectivity index (χ3v) is 6.80. The summed E-state index contributed by atoms with van der Waals surface area (Å²) in [7, 11) is 0.603. The molecule has 3 aromatic carbocycles. The van der Waals surface area contributed by atoms with Gasteiger partial charge >= 0.3 is 0 Å². The van der Waals surface area contributed by atoms with Crippen LogP contribution in [0.3, 0.4) is 0 Å². The largest absolute Gasteiger partial charge is 0.392 e. The van der Waals surface area contributed by atoms with E-state index in [1.54, 1.807) is 0 Å². The van der Waals surface area contributed by atoms with E-state index in [0.717, 1.165) is 19.3 Å². The predicted molar refractivity (Wildman–Crippen MR) is 113 cm³/mol. The maximum atomic E-state index is 10.5. The van der Waals surface area contributed by atoms with Crippen LogP contribution in [0.2, 0.25) is 0 Å². The van der Waals surface area contributed by atoms with Gasteiger partial charge in [-0.25, -0.2) is 0 Å². The van der Waals surface area contributed by atoms with Gasteiger partial charge in [0.25, 0.3) is 0 Å². The van der Waals surface area contributed by atoms with E-state index in [1.165, 1.54) is 33.7 Å². The van der Waals surface area contributed by atoms with Crippen LogP contribution in [0.15, 0.2) is 78.9 Å². The summed E-state index contributed by atoms with van der Waals surface area (Å²) in [5.74, 6) is 0.288. The maximum absolute atomic E-state index is 10.5. The Bertz CT molecular complexity index is 859. The Labute approximate surface area is 157 Å². The monoisotopic (exact) mass is 360 g/mol. The molecule has 1 fully saturated rings. The molecular formula is C24H25OP. The molecule has 0 spiro atoms. The van der Waals surface area contributed by atoms with Gasteiger partial charge in [0.2, 0.25) is 0 Å². The second-order valence-corrected chi connectivity index (χ2v) is 8.41. The molecule has 26 heavy (non-hydrogen) atoms. The van der Waals surface area contributed by atoms with E-state index in [1.807, 2.05) is 0 Å². The smallest absolute Gasteiger partial charge is 0.0608 e. The molecule has 1 N–H and O–H groups in total. The van der Waals surface area contributed by atoms with Crippen molar-refractivity contribution in [2.75, 3.05) is 0 Å². The maximum Gasteiger partial charge on any atom is 0.0608 e. The molecule has 4 rings (SSSR count). The van der Waals surface area contributed by atoms with Crippen molar-refractivity contribution < 1.29 is 5.11 Å². The summed E-state index contributed by atoms with van der Waals surface area (Å²) in [6.45, 7) is 0. The SMILES string of the molecule is OC1CCCCC1c1ccccc1Pc1ccccc1-c1ccccc1. The van der Waals surface area contributed by atoms with Gasteiger partial charge in [-0.05, 0) is 40.1 Å². The second kappa shape index (κ2) is 8.16. The zero-order chi connectivity index (χ0) is 17.8. The lowest BCUT2D eigenvalue weighted by Gasteiger charge is -2.29. The Morgan fingerprint density at radius 2 is 1.35 bits per heavy atom. The standard InChI is InChI=1S/C24H25OP/c25-22-15-7-4-13-20(22)21-14-6-9-17-24(21)26-23-16-8-5-12-19(23)18-10-2-1-3-11-18/h1-3,5-6,8-12,14,16-17,20,22,25-26H,4,7,13,15H2. The van der Waals surface area contributed by atoms with Crippen LogP contribution >= 0.6 is 8.58 Å². The van der Waals surface area contributed by atoms with Gasteiger partial charge in [0.1, 0.15) is 0 Å². The van der Waals surface area contributed by atoms with Crippen molar-refractivity contribution in [3.8, 4) is 11.1 Å². The van der Waals surface area contributed by atoms with E-state index in [2.05, 4.69) is 78.9 Å². The van der Waals surface area contributed by atoms with E-state index in [-0.39, 0.29) is 12.0 Å². The molecule has 3 unspecified atom stereocenters. The first kappa shape index (κ1) is 17.5. The van der Waals surface area contributed by atoms with Crippen LogP contribution in [0.25, 0.3) is 11.1 Å². The molecule has 0 amide bonds. The molecule has 0 aliphatic heterocycles. The molecule has 1 saturated carbocycles. The first-order chi connectivity index (χ1) is 12.8. The van der Waals surface area contributed by atoms with E-state index < -0.39 is 0 Å². The van der Waals surface area contributed by atoms with Crippen LogP contribution in [-0.2, 0) is 0 Å². The first-order valence-electron chi connectivity index (χ1n) is 9.51. The molecule has 0 heterocycles. The zero-order valence-electron chi connectivity index (χ0n) is 14.9. The first-order valence-corrected chi connectivity index (χ1v) is 10.5. The number of aliphatic hydroxyl groups is 1. The van der Waals surface area contributed by atoms with Crippen molar-refractivity contribution in [3.63, 3.8) is 0 Å². The topological polar surface area (TPSA) is 20.2 Å². The summed E-state index contributed by atoms with van der Waals surface area (Å²) in [6, 6.07) is 28.1. The fourth-order valence-corrected chi connectivity index (χ4v) is 5.44. The van der Waals surface area contributed by atoms with E-state index >= 15 is 0 Å². The van der Waals surface area contributed by atoms with Gasteiger partial charge in [0.05, 0.1) is 6.10 Å². The third kappa shape index (κ3) is 3.75. The molecule has 1 aliphatic rings. The van der Waals surface area contributed by atoms with Crippen molar-refractivity contribution in [2.24, 2.45) is 0 Å². The second-order valence-electron chi connectivity index (χ2n) is 7.08. The summed E-state index contributed by atoms with van der Waals surface area (Å²) in [4.78, 5) is 0. The molecule has 0 saturated heterocycles. The Hall–Kier alpha value is -1.95. The normalized spacial score (nSPS) is 20.5. The molecule has 2 heteroatoms. The highest BCUT2D eigenvalue weighted by molar-refractivity contribution is 7.56.